The van der Waals surface area contributed by atoms with Gasteiger partial charge in [0.05, 0.1) is 11.2 Å². The standard InChI is InChI=1S/C20H16N2/c1-15-5-4-6-17(13-15)19-10-8-16-7-9-18(14-20(16)21-19)22-11-2-3-12-22/h2-14H,1H3. The quantitative estimate of drug-likeness (QED) is 0.506. The molecule has 0 atom stereocenters. The average molecular weight is 284 g/mol. The zero-order valence-corrected chi connectivity index (χ0v) is 12.4. The monoisotopic (exact) mass is 284 g/mol. The lowest BCUT2D eigenvalue weighted by Crippen LogP contribution is -1.91. The van der Waals surface area contributed by atoms with E-state index in [2.05, 4.69) is 66.1 Å². The molecule has 0 radical (unpaired) electrons. The lowest BCUT2D eigenvalue weighted by Gasteiger charge is -2.07. The summed E-state index contributed by atoms with van der Waals surface area (Å²) in [5, 5.41) is 1.16. The SMILES string of the molecule is Cc1cccc(-c2ccc3ccc(-n4cccc4)cc3n2)c1. The van der Waals surface area contributed by atoms with Gasteiger partial charge in [-0.3, -0.25) is 0 Å². The number of aryl methyl sites for hydroxylation is 1. The largest absolute Gasteiger partial charge is 0.324 e. The minimum atomic E-state index is 1.01. The van der Waals surface area contributed by atoms with Crippen LogP contribution in [0, 0.1) is 6.92 Å². The summed E-state index contributed by atoms with van der Waals surface area (Å²) >= 11 is 0. The fraction of sp³-hybridized carbons (Fsp3) is 0.0500. The molecule has 0 saturated carbocycles. The molecule has 0 spiro atoms. The molecule has 0 aliphatic carbocycles. The summed E-state index contributed by atoms with van der Waals surface area (Å²) in [7, 11) is 0. The molecule has 2 heterocycles. The van der Waals surface area contributed by atoms with Crippen LogP contribution in [0.25, 0.3) is 27.8 Å². The Balaban J connectivity index is 1.85. The van der Waals surface area contributed by atoms with Crippen LogP contribution in [0.15, 0.2) is 79.1 Å². The van der Waals surface area contributed by atoms with E-state index in [0.717, 1.165) is 27.8 Å². The molecule has 0 amide bonds. The lowest BCUT2D eigenvalue weighted by atomic mass is 10.1. The normalized spacial score (nSPS) is 11.0. The molecule has 0 saturated heterocycles. The van der Waals surface area contributed by atoms with E-state index < -0.39 is 0 Å². The Labute approximate surface area is 129 Å². The van der Waals surface area contributed by atoms with Crippen LogP contribution in [-0.2, 0) is 0 Å². The first-order valence-corrected chi connectivity index (χ1v) is 7.41. The van der Waals surface area contributed by atoms with Gasteiger partial charge in [0.2, 0.25) is 0 Å². The predicted molar refractivity (Wildman–Crippen MR) is 91.2 cm³/mol. The summed E-state index contributed by atoms with van der Waals surface area (Å²) < 4.78 is 2.10. The smallest absolute Gasteiger partial charge is 0.0730 e. The number of hydrogen-bond acceptors (Lipinski definition) is 1. The molecule has 4 aromatic rings. The third-order valence-electron chi connectivity index (χ3n) is 3.89. The van der Waals surface area contributed by atoms with Crippen molar-refractivity contribution in [2.45, 2.75) is 6.92 Å². The molecule has 0 aliphatic heterocycles. The molecule has 2 heteroatoms. The van der Waals surface area contributed by atoms with Crippen molar-refractivity contribution >= 4 is 10.9 Å². The maximum Gasteiger partial charge on any atom is 0.0730 e. The van der Waals surface area contributed by atoms with Crippen LogP contribution in [0.5, 0.6) is 0 Å². The van der Waals surface area contributed by atoms with Crippen molar-refractivity contribution in [2.75, 3.05) is 0 Å². The second-order valence-electron chi connectivity index (χ2n) is 5.53. The molecule has 0 N–H and O–H groups in total. The molecule has 2 nitrogen and oxygen atoms in total. The molecule has 4 rings (SSSR count). The van der Waals surface area contributed by atoms with E-state index in [1.165, 1.54) is 5.56 Å². The first-order valence-electron chi connectivity index (χ1n) is 7.41. The predicted octanol–water partition coefficient (Wildman–Crippen LogP) is 5.00. The van der Waals surface area contributed by atoms with E-state index in [9.17, 15) is 0 Å². The van der Waals surface area contributed by atoms with Crippen molar-refractivity contribution < 1.29 is 0 Å². The molecule has 2 aromatic carbocycles. The van der Waals surface area contributed by atoms with Crippen molar-refractivity contribution in [3.8, 4) is 16.9 Å². The van der Waals surface area contributed by atoms with Gasteiger partial charge in [-0.15, -0.1) is 0 Å². The molecular formula is C20H16N2. The molecule has 0 bridgehead atoms. The first-order chi connectivity index (χ1) is 10.8. The summed E-state index contributed by atoms with van der Waals surface area (Å²) in [5.74, 6) is 0. The number of aromatic nitrogens is 2. The number of pyridine rings is 1. The second kappa shape index (κ2) is 5.15. The third-order valence-corrected chi connectivity index (χ3v) is 3.89. The number of benzene rings is 2. The zero-order valence-electron chi connectivity index (χ0n) is 12.4. The maximum absolute atomic E-state index is 4.84. The highest BCUT2D eigenvalue weighted by atomic mass is 14.9. The fourth-order valence-corrected chi connectivity index (χ4v) is 2.74. The molecule has 0 fully saturated rings. The average Bonchev–Trinajstić information content (AvgIpc) is 3.08. The van der Waals surface area contributed by atoms with Gasteiger partial charge in [0.15, 0.2) is 0 Å². The highest BCUT2D eigenvalue weighted by Crippen LogP contribution is 2.23. The van der Waals surface area contributed by atoms with E-state index in [1.54, 1.807) is 0 Å². The van der Waals surface area contributed by atoms with Gasteiger partial charge in [-0.25, -0.2) is 4.98 Å². The maximum atomic E-state index is 4.84. The van der Waals surface area contributed by atoms with E-state index in [4.69, 9.17) is 4.98 Å². The number of rotatable bonds is 2. The second-order valence-corrected chi connectivity index (χ2v) is 5.53. The Kier molecular flexibility index (Phi) is 3.01. The van der Waals surface area contributed by atoms with Gasteiger partial charge < -0.3 is 4.57 Å². The van der Waals surface area contributed by atoms with Crippen LogP contribution in [0.2, 0.25) is 0 Å². The Hall–Kier alpha value is -2.87. The van der Waals surface area contributed by atoms with Crippen LogP contribution < -0.4 is 0 Å². The van der Waals surface area contributed by atoms with Gasteiger partial charge in [0, 0.05) is 29.0 Å². The molecule has 0 aliphatic rings. The minimum absolute atomic E-state index is 1.01. The fourth-order valence-electron chi connectivity index (χ4n) is 2.74. The zero-order chi connectivity index (χ0) is 14.9. The van der Waals surface area contributed by atoms with Gasteiger partial charge in [0.1, 0.15) is 0 Å². The topological polar surface area (TPSA) is 17.8 Å². The van der Waals surface area contributed by atoms with Gasteiger partial charge in [-0.05, 0) is 43.3 Å². The van der Waals surface area contributed by atoms with Crippen LogP contribution in [0.4, 0.5) is 0 Å². The summed E-state index contributed by atoms with van der Waals surface area (Å²) in [6.45, 7) is 2.11. The van der Waals surface area contributed by atoms with Gasteiger partial charge in [-0.2, -0.15) is 0 Å². The summed E-state index contributed by atoms with van der Waals surface area (Å²) in [6.07, 6.45) is 4.09. The highest BCUT2D eigenvalue weighted by molar-refractivity contribution is 5.83. The van der Waals surface area contributed by atoms with Crippen molar-refractivity contribution in [3.05, 3.63) is 84.7 Å². The van der Waals surface area contributed by atoms with E-state index in [1.807, 2.05) is 24.5 Å². The van der Waals surface area contributed by atoms with Crippen LogP contribution in [-0.4, -0.2) is 9.55 Å². The van der Waals surface area contributed by atoms with Crippen molar-refractivity contribution in [1.82, 2.24) is 9.55 Å². The lowest BCUT2D eigenvalue weighted by molar-refractivity contribution is 1.08. The molecular weight excluding hydrogens is 268 g/mol. The Morgan fingerprint density at radius 2 is 1.64 bits per heavy atom. The molecule has 106 valence electrons. The van der Waals surface area contributed by atoms with Crippen molar-refractivity contribution in [1.29, 1.82) is 0 Å². The molecule has 0 unspecified atom stereocenters. The summed E-state index contributed by atoms with van der Waals surface area (Å²) in [4.78, 5) is 4.84. The van der Waals surface area contributed by atoms with E-state index in [0.29, 0.717) is 0 Å². The van der Waals surface area contributed by atoms with E-state index in [-0.39, 0.29) is 0 Å². The van der Waals surface area contributed by atoms with Gasteiger partial charge >= 0.3 is 0 Å². The number of nitrogens with zero attached hydrogens (tertiary/aromatic N) is 2. The van der Waals surface area contributed by atoms with Crippen molar-refractivity contribution in [3.63, 3.8) is 0 Å². The Morgan fingerprint density at radius 3 is 2.45 bits per heavy atom. The molecule has 2 aromatic heterocycles. The van der Waals surface area contributed by atoms with Crippen LogP contribution >= 0.6 is 0 Å². The van der Waals surface area contributed by atoms with Crippen LogP contribution in [0.3, 0.4) is 0 Å². The number of fused-ring (bicyclic) bond motifs is 1. The Bertz CT molecular complexity index is 937. The first kappa shape index (κ1) is 12.8. The van der Waals surface area contributed by atoms with Crippen molar-refractivity contribution in [2.24, 2.45) is 0 Å². The summed E-state index contributed by atoms with van der Waals surface area (Å²) in [6, 6.07) is 23.1. The van der Waals surface area contributed by atoms with Gasteiger partial charge in [0.25, 0.3) is 0 Å². The third kappa shape index (κ3) is 2.29. The minimum Gasteiger partial charge on any atom is -0.324 e. The van der Waals surface area contributed by atoms with Crippen LogP contribution in [0.1, 0.15) is 5.56 Å². The van der Waals surface area contributed by atoms with E-state index >= 15 is 0 Å². The molecule has 22 heavy (non-hydrogen) atoms. The number of hydrogen-bond donors (Lipinski definition) is 0. The van der Waals surface area contributed by atoms with Gasteiger partial charge in [-0.1, -0.05) is 35.9 Å². The Morgan fingerprint density at radius 1 is 0.818 bits per heavy atom. The highest BCUT2D eigenvalue weighted by Gasteiger charge is 2.03. The summed E-state index contributed by atoms with van der Waals surface area (Å²) in [5.41, 5.74) is 5.58.